The minimum Gasteiger partial charge on any atom is -0.309 e. The number of hydrogen-bond donors (Lipinski definition) is 0. The minimum absolute atomic E-state index is 0.118. The Bertz CT molecular complexity index is 4020. The number of aryl methyl sites for hydroxylation is 1. The molecule has 3 aromatic heterocycles. The molecule has 4 heteroatoms. The van der Waals surface area contributed by atoms with Crippen molar-refractivity contribution in [1.29, 1.82) is 0 Å². The largest absolute Gasteiger partial charge is 0.309 e. The standard InChI is InChI=1S/C65H45N3S/c1-65(2)55-24-11-9-19-48(55)51-34-33-46(50-22-14-25-56(65)62(50)51)43-29-35-59-53(37-43)54-38-44(47-21-13-23-52-49-20-10-12-26-61(49)69-63(47)52)30-36-60(54)68(59)45-31-27-42(28-32-45)64-66-57(40-15-5-3-6-16-40)39-58(67-64)41-17-7-4-8-18-41/h3-9,11-19,21-39H,10,20H2,1-2H3. The predicted molar refractivity (Wildman–Crippen MR) is 291 cm³/mol. The van der Waals surface area contributed by atoms with E-state index in [-0.39, 0.29) is 5.41 Å². The van der Waals surface area contributed by atoms with Gasteiger partial charge in [-0.05, 0) is 140 Å². The highest BCUT2D eigenvalue weighted by molar-refractivity contribution is 7.20. The lowest BCUT2D eigenvalue weighted by Crippen LogP contribution is -2.23. The number of fused-ring (bicyclic) bond motifs is 8. The summed E-state index contributed by atoms with van der Waals surface area (Å²) in [7, 11) is 0. The van der Waals surface area contributed by atoms with Crippen LogP contribution in [0.2, 0.25) is 0 Å². The summed E-state index contributed by atoms with van der Waals surface area (Å²) in [6.07, 6.45) is 6.85. The van der Waals surface area contributed by atoms with E-state index in [0.29, 0.717) is 5.82 Å². The summed E-state index contributed by atoms with van der Waals surface area (Å²) in [4.78, 5) is 11.7. The Morgan fingerprint density at radius 3 is 1.78 bits per heavy atom. The first kappa shape index (κ1) is 39.9. The van der Waals surface area contributed by atoms with Gasteiger partial charge in [-0.2, -0.15) is 0 Å². The molecule has 2 aliphatic rings. The zero-order valence-corrected chi connectivity index (χ0v) is 39.2. The topological polar surface area (TPSA) is 30.7 Å². The van der Waals surface area contributed by atoms with Gasteiger partial charge in [0.1, 0.15) is 0 Å². The van der Waals surface area contributed by atoms with E-state index in [1.165, 1.54) is 97.6 Å². The van der Waals surface area contributed by atoms with Crippen LogP contribution in [0.15, 0.2) is 206 Å². The first-order valence-electron chi connectivity index (χ1n) is 24.0. The molecule has 12 aromatic rings. The second kappa shape index (κ2) is 15.4. The second-order valence-corrected chi connectivity index (χ2v) is 20.2. The molecule has 0 atom stereocenters. The van der Waals surface area contributed by atoms with Crippen LogP contribution in [0.3, 0.4) is 0 Å². The first-order valence-corrected chi connectivity index (χ1v) is 24.8. The fourth-order valence-electron chi connectivity index (χ4n) is 11.5. The monoisotopic (exact) mass is 899 g/mol. The van der Waals surface area contributed by atoms with Gasteiger partial charge < -0.3 is 4.57 Å². The van der Waals surface area contributed by atoms with Crippen molar-refractivity contribution in [3.8, 4) is 73.0 Å². The van der Waals surface area contributed by atoms with Crippen molar-refractivity contribution in [3.63, 3.8) is 0 Å². The third kappa shape index (κ3) is 6.25. The molecule has 9 aromatic carbocycles. The molecular weight excluding hydrogens is 855 g/mol. The van der Waals surface area contributed by atoms with Gasteiger partial charge in [0.25, 0.3) is 0 Å². The average Bonchev–Trinajstić information content (AvgIpc) is 3.96. The summed E-state index contributed by atoms with van der Waals surface area (Å²) < 4.78 is 3.81. The summed E-state index contributed by atoms with van der Waals surface area (Å²) in [6, 6.07) is 73.4. The Balaban J connectivity index is 0.952. The number of allylic oxidation sites excluding steroid dienone is 1. The summed E-state index contributed by atoms with van der Waals surface area (Å²) in [5.74, 6) is 0.700. The third-order valence-electron chi connectivity index (χ3n) is 14.9. The maximum atomic E-state index is 5.15. The molecule has 0 bridgehead atoms. The van der Waals surface area contributed by atoms with E-state index in [4.69, 9.17) is 9.97 Å². The van der Waals surface area contributed by atoms with E-state index >= 15 is 0 Å². The Labute approximate surface area is 405 Å². The maximum Gasteiger partial charge on any atom is 0.160 e. The molecule has 3 nitrogen and oxygen atoms in total. The van der Waals surface area contributed by atoms with Crippen molar-refractivity contribution < 1.29 is 0 Å². The van der Waals surface area contributed by atoms with Crippen LogP contribution in [0.25, 0.3) is 122 Å². The van der Waals surface area contributed by atoms with E-state index in [9.17, 15) is 0 Å². The molecule has 0 radical (unpaired) electrons. The van der Waals surface area contributed by atoms with E-state index in [1.807, 2.05) is 23.5 Å². The van der Waals surface area contributed by atoms with Crippen molar-refractivity contribution in [2.45, 2.75) is 32.1 Å². The molecule has 0 saturated heterocycles. The van der Waals surface area contributed by atoms with Crippen LogP contribution < -0.4 is 0 Å². The van der Waals surface area contributed by atoms with E-state index in [2.05, 4.69) is 219 Å². The van der Waals surface area contributed by atoms with Crippen molar-refractivity contribution in [2.75, 3.05) is 0 Å². The highest BCUT2D eigenvalue weighted by atomic mass is 32.1. The van der Waals surface area contributed by atoms with Gasteiger partial charge in [0.05, 0.1) is 22.4 Å². The molecule has 69 heavy (non-hydrogen) atoms. The van der Waals surface area contributed by atoms with Crippen LogP contribution in [0.4, 0.5) is 0 Å². The Hall–Kier alpha value is -8.18. The molecule has 0 aliphatic heterocycles. The minimum atomic E-state index is -0.118. The van der Waals surface area contributed by atoms with Crippen molar-refractivity contribution in [2.24, 2.45) is 0 Å². The number of aromatic nitrogens is 3. The van der Waals surface area contributed by atoms with Crippen LogP contribution >= 0.6 is 11.3 Å². The quantitative estimate of drug-likeness (QED) is 0.166. The third-order valence-corrected chi connectivity index (χ3v) is 16.2. The average molecular weight is 900 g/mol. The molecular formula is C65H45N3S. The second-order valence-electron chi connectivity index (χ2n) is 19.2. The van der Waals surface area contributed by atoms with Crippen LogP contribution in [0.5, 0.6) is 0 Å². The Kier molecular flexibility index (Phi) is 8.93. The SMILES string of the molecule is CC1(C)c2ccccc2-c2ccc(-c3ccc4c(c3)c3cc(-c5cccc6c7c(sc56)C=CCC7)ccc3n4-c3ccc(-c4nc(-c5ccccc5)cc(-c5ccccc5)n4)cc3)c3cccc1c23. The predicted octanol–water partition coefficient (Wildman–Crippen LogP) is 17.5. The lowest BCUT2D eigenvalue weighted by molar-refractivity contribution is 0.645. The fourth-order valence-corrected chi connectivity index (χ4v) is 12.8. The van der Waals surface area contributed by atoms with Crippen LogP contribution in [0, 0.1) is 0 Å². The van der Waals surface area contributed by atoms with Crippen molar-refractivity contribution in [3.05, 3.63) is 228 Å². The number of rotatable bonds is 6. The van der Waals surface area contributed by atoms with E-state index in [0.717, 1.165) is 46.6 Å². The lowest BCUT2D eigenvalue weighted by atomic mass is 9.68. The maximum absolute atomic E-state index is 5.15. The molecule has 0 saturated carbocycles. The van der Waals surface area contributed by atoms with Crippen molar-refractivity contribution in [1.82, 2.24) is 14.5 Å². The molecule has 326 valence electrons. The number of benzene rings is 9. The normalized spacial score (nSPS) is 13.6. The molecule has 0 fully saturated rings. The van der Waals surface area contributed by atoms with Gasteiger partial charge in [0.2, 0.25) is 0 Å². The lowest BCUT2D eigenvalue weighted by Gasteiger charge is -2.35. The van der Waals surface area contributed by atoms with Crippen LogP contribution in [-0.4, -0.2) is 14.5 Å². The summed E-state index contributed by atoms with van der Waals surface area (Å²) in [5.41, 5.74) is 20.1. The summed E-state index contributed by atoms with van der Waals surface area (Å²) in [5, 5.41) is 6.51. The van der Waals surface area contributed by atoms with Gasteiger partial charge in [-0.15, -0.1) is 11.3 Å². The molecule has 0 N–H and O–H groups in total. The van der Waals surface area contributed by atoms with Gasteiger partial charge in [0, 0.05) is 48.1 Å². The van der Waals surface area contributed by atoms with Gasteiger partial charge in [-0.3, -0.25) is 0 Å². The summed E-state index contributed by atoms with van der Waals surface area (Å²) in [6.45, 7) is 4.75. The van der Waals surface area contributed by atoms with Crippen LogP contribution in [-0.2, 0) is 11.8 Å². The molecule has 0 spiro atoms. The zero-order chi connectivity index (χ0) is 45.8. The number of nitrogens with zero attached hydrogens (tertiary/aromatic N) is 3. The summed E-state index contributed by atoms with van der Waals surface area (Å²) >= 11 is 1.93. The van der Waals surface area contributed by atoms with Crippen LogP contribution in [0.1, 0.15) is 41.8 Å². The molecule has 2 aliphatic carbocycles. The Morgan fingerprint density at radius 1 is 0.464 bits per heavy atom. The highest BCUT2D eigenvalue weighted by Gasteiger charge is 2.33. The Morgan fingerprint density at radius 2 is 1.06 bits per heavy atom. The highest BCUT2D eigenvalue weighted by Crippen LogP contribution is 2.51. The smallest absolute Gasteiger partial charge is 0.160 e. The molecule has 14 rings (SSSR count). The van der Waals surface area contributed by atoms with Crippen molar-refractivity contribution >= 4 is 60.1 Å². The fraction of sp³-hybridized carbons (Fsp3) is 0.0769. The first-order chi connectivity index (χ1) is 34.0. The van der Waals surface area contributed by atoms with Gasteiger partial charge in [0.15, 0.2) is 5.82 Å². The number of thiophene rings is 1. The van der Waals surface area contributed by atoms with Gasteiger partial charge >= 0.3 is 0 Å². The molecule has 3 heterocycles. The molecule has 0 unspecified atom stereocenters. The van der Waals surface area contributed by atoms with Gasteiger partial charge in [-0.25, -0.2) is 9.97 Å². The number of hydrogen-bond acceptors (Lipinski definition) is 3. The van der Waals surface area contributed by atoms with Gasteiger partial charge in [-0.1, -0.05) is 166 Å². The zero-order valence-electron chi connectivity index (χ0n) is 38.4. The van der Waals surface area contributed by atoms with E-state index in [1.54, 1.807) is 0 Å². The molecule has 0 amide bonds. The van der Waals surface area contributed by atoms with E-state index < -0.39 is 0 Å².